The fraction of sp³-hybridized carbons (Fsp3) is 0.318. The molecule has 4 rings (SSSR count). The normalized spacial score (nSPS) is 13.7. The molecule has 0 spiro atoms. The molecule has 3 aromatic rings. The van der Waals surface area contributed by atoms with Crippen LogP contribution in [0.5, 0.6) is 0 Å². The van der Waals surface area contributed by atoms with Crippen molar-refractivity contribution in [2.24, 2.45) is 0 Å². The predicted molar refractivity (Wildman–Crippen MR) is 110 cm³/mol. The Bertz CT molecular complexity index is 1110. The third-order valence-corrected chi connectivity index (χ3v) is 5.36. The number of carboxylic acids is 1. The van der Waals surface area contributed by atoms with Crippen molar-refractivity contribution in [3.05, 3.63) is 75.5 Å². The zero-order valence-corrected chi connectivity index (χ0v) is 16.4. The van der Waals surface area contributed by atoms with E-state index in [4.69, 9.17) is 5.11 Å². The first-order valence-corrected chi connectivity index (χ1v) is 9.86. The third-order valence-electron chi connectivity index (χ3n) is 5.36. The number of nitrogens with zero attached hydrogens (tertiary/aromatic N) is 3. The summed E-state index contributed by atoms with van der Waals surface area (Å²) in [5.41, 5.74) is 4.54. The van der Waals surface area contributed by atoms with Crippen molar-refractivity contribution < 1.29 is 9.90 Å². The van der Waals surface area contributed by atoms with Gasteiger partial charge >= 0.3 is 11.7 Å². The van der Waals surface area contributed by atoms with Gasteiger partial charge in [0.05, 0.1) is 11.4 Å². The van der Waals surface area contributed by atoms with Crippen LogP contribution in [0.3, 0.4) is 0 Å². The van der Waals surface area contributed by atoms with Crippen molar-refractivity contribution in [2.45, 2.75) is 32.6 Å². The standard InChI is InChI=1S/C22H24N4O3/c1-15-24-26(19-8-6-16-10-12-23-13-11-18(16)14-19)22(29)25(15)20-5-3-2-4-17(20)7-9-21(27)28/h2-6,8,14,23H,7,9-13H2,1H3,(H,27,28). The zero-order valence-electron chi connectivity index (χ0n) is 16.4. The van der Waals surface area contributed by atoms with E-state index in [1.54, 1.807) is 11.5 Å². The van der Waals surface area contributed by atoms with Crippen LogP contribution in [0.25, 0.3) is 11.4 Å². The number of rotatable bonds is 5. The Morgan fingerprint density at radius 1 is 1.14 bits per heavy atom. The molecule has 0 bridgehead atoms. The first-order valence-electron chi connectivity index (χ1n) is 9.86. The van der Waals surface area contributed by atoms with Crippen molar-refractivity contribution >= 4 is 5.97 Å². The number of fused-ring (bicyclic) bond motifs is 1. The van der Waals surface area contributed by atoms with Crippen LogP contribution in [-0.2, 0) is 24.1 Å². The van der Waals surface area contributed by atoms with Gasteiger partial charge < -0.3 is 10.4 Å². The average Bonchev–Trinajstić information content (AvgIpc) is 2.87. The topological polar surface area (TPSA) is 89.2 Å². The highest BCUT2D eigenvalue weighted by Gasteiger charge is 2.17. The van der Waals surface area contributed by atoms with Crippen molar-refractivity contribution in [3.8, 4) is 11.4 Å². The smallest absolute Gasteiger partial charge is 0.355 e. The van der Waals surface area contributed by atoms with Crippen LogP contribution in [0.15, 0.2) is 47.3 Å². The van der Waals surface area contributed by atoms with E-state index in [1.165, 1.54) is 15.8 Å². The molecule has 0 fully saturated rings. The van der Waals surface area contributed by atoms with E-state index in [1.807, 2.05) is 30.3 Å². The Hall–Kier alpha value is -3.19. The van der Waals surface area contributed by atoms with E-state index in [0.717, 1.165) is 37.2 Å². The molecule has 0 unspecified atom stereocenters. The Balaban J connectivity index is 1.76. The van der Waals surface area contributed by atoms with Gasteiger partial charge in [0.15, 0.2) is 0 Å². The Kier molecular flexibility index (Phi) is 5.31. The first kappa shape index (κ1) is 19.1. The van der Waals surface area contributed by atoms with Crippen LogP contribution in [0, 0.1) is 6.92 Å². The summed E-state index contributed by atoms with van der Waals surface area (Å²) in [6.07, 6.45) is 2.27. The molecule has 29 heavy (non-hydrogen) atoms. The molecule has 2 N–H and O–H groups in total. The maximum atomic E-state index is 13.3. The van der Waals surface area contributed by atoms with E-state index in [2.05, 4.69) is 22.5 Å². The number of hydrogen-bond acceptors (Lipinski definition) is 4. The van der Waals surface area contributed by atoms with Gasteiger partial charge in [0.1, 0.15) is 5.82 Å². The lowest BCUT2D eigenvalue weighted by Crippen LogP contribution is -2.24. The molecule has 0 atom stereocenters. The summed E-state index contributed by atoms with van der Waals surface area (Å²) in [7, 11) is 0. The lowest BCUT2D eigenvalue weighted by molar-refractivity contribution is -0.136. The number of aryl methyl sites for hydroxylation is 2. The van der Waals surface area contributed by atoms with Gasteiger partial charge in [0, 0.05) is 6.42 Å². The minimum Gasteiger partial charge on any atom is -0.481 e. The Morgan fingerprint density at radius 2 is 1.90 bits per heavy atom. The lowest BCUT2D eigenvalue weighted by Gasteiger charge is -2.10. The van der Waals surface area contributed by atoms with Crippen molar-refractivity contribution in [2.75, 3.05) is 13.1 Å². The summed E-state index contributed by atoms with van der Waals surface area (Å²) >= 11 is 0. The lowest BCUT2D eigenvalue weighted by atomic mass is 10.0. The number of nitrogens with one attached hydrogen (secondary N) is 1. The molecule has 1 aliphatic rings. The second-order valence-electron chi connectivity index (χ2n) is 7.30. The van der Waals surface area contributed by atoms with Gasteiger partial charge in [0.25, 0.3) is 0 Å². The molecule has 1 aromatic heterocycles. The second kappa shape index (κ2) is 8.05. The summed E-state index contributed by atoms with van der Waals surface area (Å²) < 4.78 is 2.99. The predicted octanol–water partition coefficient (Wildman–Crippen LogP) is 2.04. The highest BCUT2D eigenvalue weighted by atomic mass is 16.4. The van der Waals surface area contributed by atoms with Crippen LogP contribution >= 0.6 is 0 Å². The van der Waals surface area contributed by atoms with Crippen LogP contribution in [-0.4, -0.2) is 38.5 Å². The van der Waals surface area contributed by atoms with Gasteiger partial charge in [0.2, 0.25) is 0 Å². The SMILES string of the molecule is Cc1nn(-c2ccc3c(c2)CCNCC3)c(=O)n1-c1ccccc1CCC(=O)O. The molecular weight excluding hydrogens is 368 g/mol. The molecule has 0 amide bonds. The number of hydrogen-bond donors (Lipinski definition) is 2. The van der Waals surface area contributed by atoms with Crippen molar-refractivity contribution in [1.29, 1.82) is 0 Å². The van der Waals surface area contributed by atoms with E-state index >= 15 is 0 Å². The highest BCUT2D eigenvalue weighted by molar-refractivity contribution is 5.67. The van der Waals surface area contributed by atoms with E-state index in [9.17, 15) is 9.59 Å². The van der Waals surface area contributed by atoms with Gasteiger partial charge in [-0.05, 0) is 74.2 Å². The Morgan fingerprint density at radius 3 is 2.69 bits per heavy atom. The van der Waals surface area contributed by atoms with E-state index < -0.39 is 5.97 Å². The van der Waals surface area contributed by atoms with Crippen LogP contribution in [0.1, 0.15) is 28.9 Å². The highest BCUT2D eigenvalue weighted by Crippen LogP contribution is 2.19. The summed E-state index contributed by atoms with van der Waals surface area (Å²) in [6.45, 7) is 3.68. The zero-order chi connectivity index (χ0) is 20.4. The molecule has 0 radical (unpaired) electrons. The van der Waals surface area contributed by atoms with Gasteiger partial charge in [-0.3, -0.25) is 4.79 Å². The van der Waals surface area contributed by atoms with Crippen LogP contribution < -0.4 is 11.0 Å². The van der Waals surface area contributed by atoms with Crippen molar-refractivity contribution in [1.82, 2.24) is 19.7 Å². The fourth-order valence-corrected chi connectivity index (χ4v) is 3.88. The number of carboxylic acid groups (broad SMARTS) is 1. The second-order valence-corrected chi connectivity index (χ2v) is 7.30. The maximum Gasteiger partial charge on any atom is 0.355 e. The quantitative estimate of drug-likeness (QED) is 0.694. The summed E-state index contributed by atoms with van der Waals surface area (Å²) in [4.78, 5) is 24.2. The number of aliphatic carboxylic acids is 1. The van der Waals surface area contributed by atoms with Crippen LogP contribution in [0.2, 0.25) is 0 Å². The molecular formula is C22H24N4O3. The maximum absolute atomic E-state index is 13.3. The fourth-order valence-electron chi connectivity index (χ4n) is 3.88. The van der Waals surface area contributed by atoms with Gasteiger partial charge in [-0.1, -0.05) is 24.3 Å². The van der Waals surface area contributed by atoms with Gasteiger partial charge in [-0.15, -0.1) is 5.10 Å². The van der Waals surface area contributed by atoms with Gasteiger partial charge in [-0.25, -0.2) is 9.36 Å². The first-order chi connectivity index (χ1) is 14.0. The van der Waals surface area contributed by atoms with Gasteiger partial charge in [-0.2, -0.15) is 4.68 Å². The Labute approximate surface area is 168 Å². The average molecular weight is 392 g/mol. The van der Waals surface area contributed by atoms with Crippen molar-refractivity contribution in [3.63, 3.8) is 0 Å². The molecule has 1 aliphatic heterocycles. The molecule has 0 saturated carbocycles. The number of aromatic nitrogens is 3. The molecule has 2 aromatic carbocycles. The minimum atomic E-state index is -0.862. The van der Waals surface area contributed by atoms with Crippen LogP contribution in [0.4, 0.5) is 0 Å². The molecule has 7 nitrogen and oxygen atoms in total. The molecule has 0 aliphatic carbocycles. The molecule has 7 heteroatoms. The molecule has 150 valence electrons. The third kappa shape index (κ3) is 3.86. The van der Waals surface area contributed by atoms with E-state index in [-0.39, 0.29) is 12.1 Å². The number of benzene rings is 2. The summed E-state index contributed by atoms with van der Waals surface area (Å²) in [6, 6.07) is 13.5. The molecule has 0 saturated heterocycles. The molecule has 2 heterocycles. The summed E-state index contributed by atoms with van der Waals surface area (Å²) in [5, 5.41) is 16.9. The number of para-hydroxylation sites is 1. The largest absolute Gasteiger partial charge is 0.481 e. The van der Waals surface area contributed by atoms with E-state index in [0.29, 0.717) is 17.9 Å². The monoisotopic (exact) mass is 392 g/mol. The number of carbonyl (C=O) groups is 1. The minimum absolute atomic E-state index is 0.0117. The summed E-state index contributed by atoms with van der Waals surface area (Å²) in [5.74, 6) is -0.298.